The van der Waals surface area contributed by atoms with Gasteiger partial charge in [0, 0.05) is 25.2 Å². The summed E-state index contributed by atoms with van der Waals surface area (Å²) in [5.41, 5.74) is 0.0766. The SMILES string of the molecule is CC1(C)CN(C(=O)C2CCCCS2)CCN1. The highest BCUT2D eigenvalue weighted by atomic mass is 32.2. The molecular formula is C12H22N2OS. The topological polar surface area (TPSA) is 32.3 Å². The molecule has 1 atom stereocenters. The second-order valence-corrected chi connectivity index (χ2v) is 6.74. The highest BCUT2D eigenvalue weighted by Gasteiger charge is 2.32. The van der Waals surface area contributed by atoms with Crippen LogP contribution in [-0.2, 0) is 4.79 Å². The van der Waals surface area contributed by atoms with Crippen molar-refractivity contribution in [3.8, 4) is 0 Å². The van der Waals surface area contributed by atoms with Crippen LogP contribution in [0.2, 0.25) is 0 Å². The Kier molecular flexibility index (Phi) is 3.80. The number of hydrogen-bond acceptors (Lipinski definition) is 3. The standard InChI is InChI=1S/C12H22N2OS/c1-12(2)9-14(7-6-13-12)11(15)10-5-3-4-8-16-10/h10,13H,3-9H2,1-2H3. The van der Waals surface area contributed by atoms with Crippen LogP contribution in [0.1, 0.15) is 33.1 Å². The highest BCUT2D eigenvalue weighted by Crippen LogP contribution is 2.27. The summed E-state index contributed by atoms with van der Waals surface area (Å²) < 4.78 is 0. The minimum Gasteiger partial charge on any atom is -0.339 e. The van der Waals surface area contributed by atoms with E-state index in [1.165, 1.54) is 12.8 Å². The van der Waals surface area contributed by atoms with E-state index in [9.17, 15) is 4.79 Å². The first kappa shape index (κ1) is 12.2. The second-order valence-electron chi connectivity index (χ2n) is 5.43. The first-order chi connectivity index (χ1) is 7.58. The van der Waals surface area contributed by atoms with Crippen molar-refractivity contribution in [3.05, 3.63) is 0 Å². The summed E-state index contributed by atoms with van der Waals surface area (Å²) in [6.45, 7) is 6.99. The van der Waals surface area contributed by atoms with E-state index in [2.05, 4.69) is 24.1 Å². The van der Waals surface area contributed by atoms with Crippen LogP contribution >= 0.6 is 11.8 Å². The van der Waals surface area contributed by atoms with Gasteiger partial charge in [-0.25, -0.2) is 0 Å². The van der Waals surface area contributed by atoms with Crippen molar-refractivity contribution in [2.24, 2.45) is 0 Å². The zero-order chi connectivity index (χ0) is 11.6. The molecule has 0 aliphatic carbocycles. The lowest BCUT2D eigenvalue weighted by Gasteiger charge is -2.40. The van der Waals surface area contributed by atoms with E-state index in [1.807, 2.05) is 11.8 Å². The number of thioether (sulfide) groups is 1. The van der Waals surface area contributed by atoms with Gasteiger partial charge < -0.3 is 10.2 Å². The Bertz CT molecular complexity index is 262. The Morgan fingerprint density at radius 1 is 1.44 bits per heavy atom. The number of carbonyl (C=O) groups excluding carboxylic acids is 1. The van der Waals surface area contributed by atoms with Crippen LogP contribution in [0.15, 0.2) is 0 Å². The minimum atomic E-state index is 0.0766. The molecule has 1 amide bonds. The summed E-state index contributed by atoms with van der Waals surface area (Å²) >= 11 is 1.85. The average molecular weight is 242 g/mol. The van der Waals surface area contributed by atoms with Gasteiger partial charge in [-0.05, 0) is 32.4 Å². The molecule has 3 nitrogen and oxygen atoms in total. The Hall–Kier alpha value is -0.220. The molecule has 1 unspecified atom stereocenters. The van der Waals surface area contributed by atoms with Gasteiger partial charge in [-0.3, -0.25) is 4.79 Å². The van der Waals surface area contributed by atoms with Crippen LogP contribution in [-0.4, -0.2) is 47.0 Å². The van der Waals surface area contributed by atoms with Crippen molar-refractivity contribution < 1.29 is 4.79 Å². The van der Waals surface area contributed by atoms with E-state index >= 15 is 0 Å². The molecule has 0 aromatic carbocycles. The highest BCUT2D eigenvalue weighted by molar-refractivity contribution is 8.00. The predicted octanol–water partition coefficient (Wildman–Crippen LogP) is 1.48. The molecule has 0 radical (unpaired) electrons. The van der Waals surface area contributed by atoms with Gasteiger partial charge in [-0.2, -0.15) is 0 Å². The molecule has 2 aliphatic rings. The quantitative estimate of drug-likeness (QED) is 0.756. The lowest BCUT2D eigenvalue weighted by atomic mass is 10.0. The van der Waals surface area contributed by atoms with Crippen molar-refractivity contribution in [2.75, 3.05) is 25.4 Å². The van der Waals surface area contributed by atoms with Gasteiger partial charge in [0.15, 0.2) is 0 Å². The van der Waals surface area contributed by atoms with Gasteiger partial charge in [0.05, 0.1) is 5.25 Å². The maximum Gasteiger partial charge on any atom is 0.235 e. The van der Waals surface area contributed by atoms with Crippen LogP contribution < -0.4 is 5.32 Å². The molecule has 4 heteroatoms. The maximum atomic E-state index is 12.3. The number of amides is 1. The third kappa shape index (κ3) is 2.92. The maximum absolute atomic E-state index is 12.3. The zero-order valence-corrected chi connectivity index (χ0v) is 11.1. The normalized spacial score (nSPS) is 30.1. The molecule has 0 bridgehead atoms. The molecule has 92 valence electrons. The van der Waals surface area contributed by atoms with Crippen LogP contribution in [0.4, 0.5) is 0 Å². The third-order valence-corrected chi connectivity index (χ3v) is 4.70. The van der Waals surface area contributed by atoms with Crippen molar-refractivity contribution in [1.29, 1.82) is 0 Å². The number of hydrogen-bond donors (Lipinski definition) is 1. The third-order valence-electron chi connectivity index (χ3n) is 3.34. The van der Waals surface area contributed by atoms with Crippen LogP contribution in [0.5, 0.6) is 0 Å². The first-order valence-corrected chi connectivity index (χ1v) is 7.29. The van der Waals surface area contributed by atoms with Crippen LogP contribution in [0.25, 0.3) is 0 Å². The first-order valence-electron chi connectivity index (χ1n) is 6.24. The van der Waals surface area contributed by atoms with E-state index in [0.29, 0.717) is 5.91 Å². The smallest absolute Gasteiger partial charge is 0.235 e. The van der Waals surface area contributed by atoms with E-state index in [4.69, 9.17) is 0 Å². The average Bonchev–Trinajstić information content (AvgIpc) is 2.28. The molecule has 2 fully saturated rings. The van der Waals surface area contributed by atoms with Crippen molar-refractivity contribution in [3.63, 3.8) is 0 Å². The zero-order valence-electron chi connectivity index (χ0n) is 10.3. The fraction of sp³-hybridized carbons (Fsp3) is 0.917. The molecule has 0 spiro atoms. The second kappa shape index (κ2) is 4.96. The molecule has 0 saturated carbocycles. The summed E-state index contributed by atoms with van der Waals surface area (Å²) in [6, 6.07) is 0. The summed E-state index contributed by atoms with van der Waals surface area (Å²) in [7, 11) is 0. The minimum absolute atomic E-state index is 0.0766. The number of piperazine rings is 1. The molecule has 2 rings (SSSR count). The predicted molar refractivity (Wildman–Crippen MR) is 68.8 cm³/mol. The lowest BCUT2D eigenvalue weighted by molar-refractivity contribution is -0.132. The molecule has 0 aromatic heterocycles. The fourth-order valence-electron chi connectivity index (χ4n) is 2.47. The van der Waals surface area contributed by atoms with E-state index in [1.54, 1.807) is 0 Å². The van der Waals surface area contributed by atoms with Gasteiger partial charge >= 0.3 is 0 Å². The molecule has 2 aliphatic heterocycles. The van der Waals surface area contributed by atoms with Gasteiger partial charge in [-0.1, -0.05) is 6.42 Å². The van der Waals surface area contributed by atoms with Crippen molar-refractivity contribution >= 4 is 17.7 Å². The van der Waals surface area contributed by atoms with E-state index < -0.39 is 0 Å². The van der Waals surface area contributed by atoms with Crippen LogP contribution in [0.3, 0.4) is 0 Å². The van der Waals surface area contributed by atoms with Crippen molar-refractivity contribution in [2.45, 2.75) is 43.9 Å². The number of nitrogens with one attached hydrogen (secondary N) is 1. The Balaban J connectivity index is 1.93. The van der Waals surface area contributed by atoms with E-state index in [-0.39, 0.29) is 10.8 Å². The molecule has 0 aromatic rings. The largest absolute Gasteiger partial charge is 0.339 e. The Morgan fingerprint density at radius 2 is 2.25 bits per heavy atom. The number of rotatable bonds is 1. The Morgan fingerprint density at radius 3 is 2.88 bits per heavy atom. The fourth-order valence-corrected chi connectivity index (χ4v) is 3.75. The summed E-state index contributed by atoms with van der Waals surface area (Å²) in [4.78, 5) is 14.4. The van der Waals surface area contributed by atoms with Gasteiger partial charge in [0.25, 0.3) is 0 Å². The number of carbonyl (C=O) groups is 1. The molecule has 1 N–H and O–H groups in total. The lowest BCUT2D eigenvalue weighted by Crippen LogP contribution is -2.59. The molecular weight excluding hydrogens is 220 g/mol. The monoisotopic (exact) mass is 242 g/mol. The van der Waals surface area contributed by atoms with Crippen molar-refractivity contribution in [1.82, 2.24) is 10.2 Å². The molecule has 16 heavy (non-hydrogen) atoms. The summed E-state index contributed by atoms with van der Waals surface area (Å²) in [5, 5.41) is 3.68. The van der Waals surface area contributed by atoms with Gasteiger partial charge in [0.2, 0.25) is 5.91 Å². The number of nitrogens with zero attached hydrogens (tertiary/aromatic N) is 1. The van der Waals surface area contributed by atoms with Gasteiger partial charge in [-0.15, -0.1) is 11.8 Å². The van der Waals surface area contributed by atoms with Crippen LogP contribution in [0, 0.1) is 0 Å². The summed E-state index contributed by atoms with van der Waals surface area (Å²) in [5.74, 6) is 1.53. The summed E-state index contributed by atoms with van der Waals surface area (Å²) in [6.07, 6.45) is 3.58. The Labute approximate surface area is 102 Å². The van der Waals surface area contributed by atoms with Gasteiger partial charge in [0.1, 0.15) is 0 Å². The molecule has 2 heterocycles. The van der Waals surface area contributed by atoms with E-state index in [0.717, 1.165) is 31.8 Å². The molecule has 2 saturated heterocycles.